The summed E-state index contributed by atoms with van der Waals surface area (Å²) in [7, 11) is 1.74. The number of epoxide rings is 1. The van der Waals surface area contributed by atoms with E-state index in [1.165, 1.54) is 11.6 Å². The van der Waals surface area contributed by atoms with Gasteiger partial charge in [-0.2, -0.15) is 0 Å². The minimum absolute atomic E-state index is 0.112. The molecule has 2 saturated carbocycles. The van der Waals surface area contributed by atoms with E-state index in [9.17, 15) is 4.79 Å². The Hall–Kier alpha value is -2.15. The summed E-state index contributed by atoms with van der Waals surface area (Å²) in [5.74, 6) is 1.28. The van der Waals surface area contributed by atoms with E-state index in [1.807, 2.05) is 38.1 Å². The van der Waals surface area contributed by atoms with E-state index in [4.69, 9.17) is 23.7 Å². The summed E-state index contributed by atoms with van der Waals surface area (Å²) in [5.41, 5.74) is 2.30. The molecule has 1 spiro atoms. The third-order valence-electron chi connectivity index (χ3n) is 8.24. The van der Waals surface area contributed by atoms with E-state index >= 15 is 0 Å². The minimum atomic E-state index is -0.341. The summed E-state index contributed by atoms with van der Waals surface area (Å²) in [6.45, 7) is 12.5. The van der Waals surface area contributed by atoms with Crippen LogP contribution in [0.25, 0.3) is 6.08 Å². The normalized spacial score (nSPS) is 32.5. The van der Waals surface area contributed by atoms with Gasteiger partial charge in [0.25, 0.3) is 0 Å². The topological polar surface area (TPSA) is 66.5 Å². The van der Waals surface area contributed by atoms with E-state index in [0.717, 1.165) is 43.6 Å². The molecular formula is C31H44O6. The van der Waals surface area contributed by atoms with Gasteiger partial charge in [-0.05, 0) is 88.5 Å². The minimum Gasteiger partial charge on any atom is -0.491 e. The van der Waals surface area contributed by atoms with Crippen molar-refractivity contribution in [3.63, 3.8) is 0 Å². The fourth-order valence-electron chi connectivity index (χ4n) is 6.08. The number of esters is 1. The highest BCUT2D eigenvalue weighted by molar-refractivity contribution is 5.87. The molecule has 6 heteroatoms. The number of hydrogen-bond donors (Lipinski definition) is 0. The highest BCUT2D eigenvalue weighted by Gasteiger charge is 2.70. The molecule has 37 heavy (non-hydrogen) atoms. The summed E-state index contributed by atoms with van der Waals surface area (Å²) < 4.78 is 29.3. The molecule has 0 radical (unpaired) electrons. The molecule has 0 bridgehead atoms. The fourth-order valence-corrected chi connectivity index (χ4v) is 6.08. The van der Waals surface area contributed by atoms with Gasteiger partial charge >= 0.3 is 5.97 Å². The maximum Gasteiger partial charge on any atom is 0.331 e. The highest BCUT2D eigenvalue weighted by Crippen LogP contribution is 2.68. The van der Waals surface area contributed by atoms with Crippen molar-refractivity contribution in [2.75, 3.05) is 26.9 Å². The lowest BCUT2D eigenvalue weighted by molar-refractivity contribution is -0.167. The van der Waals surface area contributed by atoms with E-state index in [1.54, 1.807) is 13.2 Å². The molecular weight excluding hydrogens is 468 g/mol. The zero-order valence-corrected chi connectivity index (χ0v) is 23.3. The summed E-state index contributed by atoms with van der Waals surface area (Å²) in [4.78, 5) is 12.8. The van der Waals surface area contributed by atoms with E-state index in [0.29, 0.717) is 19.1 Å². The van der Waals surface area contributed by atoms with Crippen LogP contribution in [0, 0.1) is 17.3 Å². The number of methoxy groups -OCH3 is 1. The zero-order chi connectivity index (χ0) is 26.6. The van der Waals surface area contributed by atoms with Gasteiger partial charge in [0.2, 0.25) is 0 Å². The number of benzene rings is 1. The van der Waals surface area contributed by atoms with Gasteiger partial charge in [0.15, 0.2) is 0 Å². The van der Waals surface area contributed by atoms with Crippen LogP contribution in [-0.4, -0.2) is 56.8 Å². The first-order valence-corrected chi connectivity index (χ1v) is 13.7. The van der Waals surface area contributed by atoms with Crippen molar-refractivity contribution in [1.29, 1.82) is 0 Å². The molecule has 1 aliphatic heterocycles. The predicted molar refractivity (Wildman–Crippen MR) is 144 cm³/mol. The molecule has 6 atom stereocenters. The van der Waals surface area contributed by atoms with Gasteiger partial charge in [0.1, 0.15) is 24.6 Å². The SMILES string of the molecule is CO[C@H]1C([C@]2(C)CC2CC=C(C)C)[C@]2(CC[C@H]1OC(=O)/C=C/c1ccc(OCCOC(C)C)cc1)CO2. The van der Waals surface area contributed by atoms with Gasteiger partial charge < -0.3 is 23.7 Å². The summed E-state index contributed by atoms with van der Waals surface area (Å²) in [6.07, 6.45) is 9.30. The second-order valence-corrected chi connectivity index (χ2v) is 11.6. The first kappa shape index (κ1) is 27.9. The van der Waals surface area contributed by atoms with Crippen molar-refractivity contribution in [2.45, 2.75) is 84.2 Å². The van der Waals surface area contributed by atoms with Crippen molar-refractivity contribution in [2.24, 2.45) is 17.3 Å². The van der Waals surface area contributed by atoms with Crippen LogP contribution >= 0.6 is 0 Å². The molecule has 3 fully saturated rings. The Balaban J connectivity index is 1.33. The first-order chi connectivity index (χ1) is 17.7. The average Bonchev–Trinajstić information content (AvgIpc) is 3.78. The highest BCUT2D eigenvalue weighted by atomic mass is 16.6. The van der Waals surface area contributed by atoms with Crippen LogP contribution in [0.3, 0.4) is 0 Å². The summed E-state index contributed by atoms with van der Waals surface area (Å²) >= 11 is 0. The molecule has 204 valence electrons. The van der Waals surface area contributed by atoms with Crippen LogP contribution in [0.5, 0.6) is 5.75 Å². The molecule has 1 heterocycles. The molecule has 2 aliphatic carbocycles. The Morgan fingerprint density at radius 3 is 2.54 bits per heavy atom. The van der Waals surface area contributed by atoms with Crippen LogP contribution < -0.4 is 4.74 Å². The first-order valence-electron chi connectivity index (χ1n) is 13.7. The fraction of sp³-hybridized carbons (Fsp3) is 0.645. The summed E-state index contributed by atoms with van der Waals surface area (Å²) in [5, 5.41) is 0. The van der Waals surface area contributed by atoms with Crippen LogP contribution in [0.15, 0.2) is 42.0 Å². The van der Waals surface area contributed by atoms with Crippen molar-refractivity contribution < 1.29 is 28.5 Å². The second-order valence-electron chi connectivity index (χ2n) is 11.6. The van der Waals surface area contributed by atoms with Crippen molar-refractivity contribution >= 4 is 12.0 Å². The van der Waals surface area contributed by atoms with Crippen LogP contribution in [0.1, 0.15) is 65.9 Å². The molecule has 0 amide bonds. The standard InChI is InChI=1S/C31H44O6/c1-21(2)7-11-24-19-30(24,5)29-28(33-6)26(15-16-31(29)20-36-31)37-27(32)14-10-23-8-12-25(13-9-23)35-18-17-34-22(3)4/h7-10,12-14,22,24,26,28-29H,11,15-20H2,1-6H3/b14-10+/t24?,26-,28-,29?,30-,31+/m1/s1. The van der Waals surface area contributed by atoms with Gasteiger partial charge in [-0.25, -0.2) is 4.79 Å². The van der Waals surface area contributed by atoms with Crippen LogP contribution in [-0.2, 0) is 23.7 Å². The lowest BCUT2D eigenvalue weighted by Crippen LogP contribution is -2.53. The number of carbonyl (C=O) groups is 1. The Labute approximate surface area is 222 Å². The molecule has 0 aromatic heterocycles. The zero-order valence-electron chi connectivity index (χ0n) is 23.3. The lowest BCUT2D eigenvalue weighted by Gasteiger charge is -2.44. The monoisotopic (exact) mass is 512 g/mol. The Bertz CT molecular complexity index is 972. The van der Waals surface area contributed by atoms with Gasteiger partial charge in [0, 0.05) is 19.1 Å². The molecule has 3 aliphatic rings. The van der Waals surface area contributed by atoms with Crippen LogP contribution in [0.2, 0.25) is 0 Å². The number of carbonyl (C=O) groups excluding carboxylic acids is 1. The maximum atomic E-state index is 12.8. The molecule has 4 rings (SSSR count). The molecule has 1 aromatic rings. The Kier molecular flexibility index (Phi) is 8.82. The third-order valence-corrected chi connectivity index (χ3v) is 8.24. The van der Waals surface area contributed by atoms with Gasteiger partial charge in [-0.3, -0.25) is 0 Å². The molecule has 6 nitrogen and oxygen atoms in total. The second kappa shape index (κ2) is 11.7. The Morgan fingerprint density at radius 1 is 1.19 bits per heavy atom. The van der Waals surface area contributed by atoms with Gasteiger partial charge in [0.05, 0.1) is 24.9 Å². The van der Waals surface area contributed by atoms with Crippen molar-refractivity contribution in [3.05, 3.63) is 47.6 Å². The third kappa shape index (κ3) is 6.84. The van der Waals surface area contributed by atoms with E-state index in [2.05, 4.69) is 26.8 Å². The number of hydrogen-bond acceptors (Lipinski definition) is 6. The number of rotatable bonds is 12. The molecule has 0 N–H and O–H groups in total. The maximum absolute atomic E-state index is 12.8. The van der Waals surface area contributed by atoms with Gasteiger partial charge in [-0.1, -0.05) is 30.7 Å². The molecule has 1 saturated heterocycles. The van der Waals surface area contributed by atoms with E-state index in [-0.39, 0.29) is 41.2 Å². The molecule has 1 aromatic carbocycles. The quantitative estimate of drug-likeness (QED) is 0.113. The Morgan fingerprint density at radius 2 is 1.92 bits per heavy atom. The largest absolute Gasteiger partial charge is 0.491 e. The van der Waals surface area contributed by atoms with Crippen molar-refractivity contribution in [1.82, 2.24) is 0 Å². The van der Waals surface area contributed by atoms with E-state index < -0.39 is 0 Å². The molecule has 2 unspecified atom stereocenters. The predicted octanol–water partition coefficient (Wildman–Crippen LogP) is 5.99. The smallest absolute Gasteiger partial charge is 0.331 e. The van der Waals surface area contributed by atoms with Crippen LogP contribution in [0.4, 0.5) is 0 Å². The summed E-state index contributed by atoms with van der Waals surface area (Å²) in [6, 6.07) is 7.63. The number of ether oxygens (including phenoxy) is 5. The lowest BCUT2D eigenvalue weighted by atomic mass is 9.67. The van der Waals surface area contributed by atoms with Gasteiger partial charge in [-0.15, -0.1) is 0 Å². The number of allylic oxidation sites excluding steroid dienone is 2. The average molecular weight is 513 g/mol. The van der Waals surface area contributed by atoms with Crippen molar-refractivity contribution in [3.8, 4) is 5.75 Å².